The predicted molar refractivity (Wildman–Crippen MR) is 84.6 cm³/mol. The van der Waals surface area contributed by atoms with E-state index in [0.29, 0.717) is 10.3 Å². The van der Waals surface area contributed by atoms with E-state index in [1.54, 1.807) is 0 Å². The van der Waals surface area contributed by atoms with Crippen LogP contribution in [0.3, 0.4) is 0 Å². The number of hydrogen-bond donors (Lipinski definition) is 1. The molecule has 0 aromatic rings. The summed E-state index contributed by atoms with van der Waals surface area (Å²) in [6.45, 7) is 14.2. The highest BCUT2D eigenvalue weighted by molar-refractivity contribution is 8.00. The monoisotopic (exact) mass is 272 g/mol. The number of nitrogens with one attached hydrogen (secondary N) is 1. The van der Waals surface area contributed by atoms with E-state index in [1.807, 2.05) is 0 Å². The van der Waals surface area contributed by atoms with Crippen molar-refractivity contribution < 1.29 is 0 Å². The lowest BCUT2D eigenvalue weighted by atomic mass is 9.89. The third-order valence-electron chi connectivity index (χ3n) is 5.04. The van der Waals surface area contributed by atoms with E-state index >= 15 is 0 Å². The first-order valence-corrected chi connectivity index (χ1v) is 8.84. The Labute approximate surface area is 118 Å². The standard InChI is InChI=1S/C15H32N2S/c1-6-14(7-2)12-17(11-10-16-14)13-15(8-3,9-4)18-5/h16H,6-13H2,1-5H3. The first kappa shape index (κ1) is 16.3. The van der Waals surface area contributed by atoms with Crippen LogP contribution in [0, 0.1) is 0 Å². The molecule has 0 aliphatic carbocycles. The molecule has 0 radical (unpaired) electrons. The highest BCUT2D eigenvalue weighted by Crippen LogP contribution is 2.32. The van der Waals surface area contributed by atoms with E-state index in [2.05, 4.69) is 55.9 Å². The normalized spacial score (nSPS) is 21.2. The van der Waals surface area contributed by atoms with Crippen LogP contribution in [0.1, 0.15) is 53.4 Å². The average molecular weight is 273 g/mol. The van der Waals surface area contributed by atoms with Gasteiger partial charge in [-0.2, -0.15) is 11.8 Å². The van der Waals surface area contributed by atoms with E-state index in [1.165, 1.54) is 45.3 Å². The first-order chi connectivity index (χ1) is 8.59. The average Bonchev–Trinajstić information content (AvgIpc) is 2.45. The maximum atomic E-state index is 3.75. The maximum absolute atomic E-state index is 3.75. The minimum atomic E-state index is 0.365. The molecule has 0 amide bonds. The van der Waals surface area contributed by atoms with Crippen LogP contribution < -0.4 is 5.32 Å². The molecule has 0 unspecified atom stereocenters. The summed E-state index contributed by atoms with van der Waals surface area (Å²) in [5.74, 6) is 0. The number of hydrogen-bond acceptors (Lipinski definition) is 3. The van der Waals surface area contributed by atoms with E-state index in [0.717, 1.165) is 6.54 Å². The molecule has 0 aromatic carbocycles. The number of piperazine rings is 1. The third-order valence-corrected chi connectivity index (χ3v) is 6.61. The van der Waals surface area contributed by atoms with Crippen molar-refractivity contribution in [1.82, 2.24) is 10.2 Å². The zero-order valence-electron chi connectivity index (χ0n) is 13.0. The summed E-state index contributed by atoms with van der Waals surface area (Å²) >= 11 is 2.06. The molecule has 1 aliphatic rings. The predicted octanol–water partition coefficient (Wildman–Crippen LogP) is 3.37. The fourth-order valence-electron chi connectivity index (χ4n) is 3.14. The van der Waals surface area contributed by atoms with Crippen LogP contribution in [-0.2, 0) is 0 Å². The molecule has 3 heteroatoms. The minimum Gasteiger partial charge on any atom is -0.309 e. The lowest BCUT2D eigenvalue weighted by molar-refractivity contribution is 0.112. The van der Waals surface area contributed by atoms with Gasteiger partial charge in [0.05, 0.1) is 0 Å². The van der Waals surface area contributed by atoms with Crippen molar-refractivity contribution in [3.8, 4) is 0 Å². The van der Waals surface area contributed by atoms with Crippen LogP contribution in [0.2, 0.25) is 0 Å². The molecule has 1 saturated heterocycles. The van der Waals surface area contributed by atoms with Crippen molar-refractivity contribution in [2.75, 3.05) is 32.4 Å². The summed E-state index contributed by atoms with van der Waals surface area (Å²) in [4.78, 5) is 2.70. The van der Waals surface area contributed by atoms with Gasteiger partial charge in [0.15, 0.2) is 0 Å². The molecule has 0 atom stereocenters. The quantitative estimate of drug-likeness (QED) is 0.765. The van der Waals surface area contributed by atoms with Crippen LogP contribution in [0.5, 0.6) is 0 Å². The topological polar surface area (TPSA) is 15.3 Å². The lowest BCUT2D eigenvalue weighted by Crippen LogP contribution is -2.61. The third kappa shape index (κ3) is 3.64. The van der Waals surface area contributed by atoms with E-state index in [-0.39, 0.29) is 0 Å². The van der Waals surface area contributed by atoms with Crippen LogP contribution in [0.4, 0.5) is 0 Å². The summed E-state index contributed by atoms with van der Waals surface area (Å²) in [6.07, 6.45) is 7.32. The summed E-state index contributed by atoms with van der Waals surface area (Å²) < 4.78 is 0.463. The lowest BCUT2D eigenvalue weighted by Gasteiger charge is -2.46. The van der Waals surface area contributed by atoms with Gasteiger partial charge >= 0.3 is 0 Å². The number of rotatable bonds is 7. The second kappa shape index (κ2) is 7.16. The van der Waals surface area contributed by atoms with E-state index in [9.17, 15) is 0 Å². The van der Waals surface area contributed by atoms with Gasteiger partial charge in [-0.1, -0.05) is 27.7 Å². The molecular formula is C15H32N2S. The van der Waals surface area contributed by atoms with Gasteiger partial charge in [0.2, 0.25) is 0 Å². The fraction of sp³-hybridized carbons (Fsp3) is 1.00. The highest BCUT2D eigenvalue weighted by atomic mass is 32.2. The molecule has 1 rings (SSSR count). The number of thioether (sulfide) groups is 1. The van der Waals surface area contributed by atoms with Gasteiger partial charge < -0.3 is 5.32 Å². The Balaban J connectivity index is 2.67. The summed E-state index contributed by atoms with van der Waals surface area (Å²) in [7, 11) is 0. The van der Waals surface area contributed by atoms with Crippen LogP contribution in [-0.4, -0.2) is 47.6 Å². The molecule has 1 N–H and O–H groups in total. The molecule has 0 aromatic heterocycles. The molecule has 1 fully saturated rings. The molecule has 18 heavy (non-hydrogen) atoms. The Morgan fingerprint density at radius 3 is 2.22 bits per heavy atom. The molecule has 0 saturated carbocycles. The van der Waals surface area contributed by atoms with Gasteiger partial charge in [-0.05, 0) is 31.9 Å². The Bertz CT molecular complexity index is 226. The Hall–Kier alpha value is 0.270. The Morgan fingerprint density at radius 1 is 1.17 bits per heavy atom. The molecule has 0 spiro atoms. The van der Waals surface area contributed by atoms with E-state index < -0.39 is 0 Å². The second-order valence-corrected chi connectivity index (χ2v) is 6.99. The molecule has 2 nitrogen and oxygen atoms in total. The van der Waals surface area contributed by atoms with Gasteiger partial charge in [-0.15, -0.1) is 0 Å². The van der Waals surface area contributed by atoms with E-state index in [4.69, 9.17) is 0 Å². The maximum Gasteiger partial charge on any atom is 0.0304 e. The Kier molecular flexibility index (Phi) is 6.49. The van der Waals surface area contributed by atoms with Gasteiger partial charge in [0, 0.05) is 36.5 Å². The zero-order valence-corrected chi connectivity index (χ0v) is 13.8. The molecule has 1 aliphatic heterocycles. The van der Waals surface area contributed by atoms with Crippen molar-refractivity contribution >= 4 is 11.8 Å². The Morgan fingerprint density at radius 2 is 1.78 bits per heavy atom. The highest BCUT2D eigenvalue weighted by Gasteiger charge is 2.35. The summed E-state index contributed by atoms with van der Waals surface area (Å²) in [6, 6.07) is 0. The van der Waals surface area contributed by atoms with Gasteiger partial charge in [-0.3, -0.25) is 4.90 Å². The van der Waals surface area contributed by atoms with Gasteiger partial charge in [0.25, 0.3) is 0 Å². The van der Waals surface area contributed by atoms with Gasteiger partial charge in [0.1, 0.15) is 0 Å². The summed E-state index contributed by atoms with van der Waals surface area (Å²) in [5.41, 5.74) is 0.365. The smallest absolute Gasteiger partial charge is 0.0304 e. The number of nitrogens with zero attached hydrogens (tertiary/aromatic N) is 1. The molecule has 108 valence electrons. The SMILES string of the molecule is CCC1(CC)CN(CC(CC)(CC)SC)CCN1. The zero-order chi connectivity index (χ0) is 13.6. The summed E-state index contributed by atoms with van der Waals surface area (Å²) in [5, 5.41) is 3.75. The van der Waals surface area contributed by atoms with Crippen molar-refractivity contribution in [2.24, 2.45) is 0 Å². The van der Waals surface area contributed by atoms with Crippen molar-refractivity contribution in [2.45, 2.75) is 63.7 Å². The van der Waals surface area contributed by atoms with Crippen molar-refractivity contribution in [3.63, 3.8) is 0 Å². The van der Waals surface area contributed by atoms with Crippen LogP contribution in [0.15, 0.2) is 0 Å². The van der Waals surface area contributed by atoms with Crippen molar-refractivity contribution in [3.05, 3.63) is 0 Å². The molecular weight excluding hydrogens is 240 g/mol. The largest absolute Gasteiger partial charge is 0.309 e. The van der Waals surface area contributed by atoms with Crippen LogP contribution >= 0.6 is 11.8 Å². The fourth-order valence-corrected chi connectivity index (χ4v) is 4.02. The van der Waals surface area contributed by atoms with Crippen LogP contribution in [0.25, 0.3) is 0 Å². The minimum absolute atomic E-state index is 0.365. The first-order valence-electron chi connectivity index (χ1n) is 7.61. The molecule has 0 bridgehead atoms. The second-order valence-electron chi connectivity index (χ2n) is 5.72. The molecule has 1 heterocycles. The van der Waals surface area contributed by atoms with Gasteiger partial charge in [-0.25, -0.2) is 0 Å². The van der Waals surface area contributed by atoms with Crippen molar-refractivity contribution in [1.29, 1.82) is 0 Å².